The molecular weight excluding hydrogens is 415 g/mol. The summed E-state index contributed by atoms with van der Waals surface area (Å²) in [6.07, 6.45) is -4.46. The third-order valence-electron chi connectivity index (χ3n) is 4.29. The maximum absolute atomic E-state index is 13.0. The highest BCUT2D eigenvalue weighted by molar-refractivity contribution is 7.13. The van der Waals surface area contributed by atoms with Gasteiger partial charge in [-0.1, -0.05) is 11.3 Å². The van der Waals surface area contributed by atoms with Crippen molar-refractivity contribution in [2.24, 2.45) is 0 Å². The van der Waals surface area contributed by atoms with Crippen LogP contribution in [0, 0.1) is 0 Å². The van der Waals surface area contributed by atoms with Crippen molar-refractivity contribution in [1.82, 2.24) is 20.0 Å². The zero-order valence-electron chi connectivity index (χ0n) is 15.7. The van der Waals surface area contributed by atoms with Gasteiger partial charge >= 0.3 is 6.18 Å². The Hall–Kier alpha value is -3.40. The molecule has 2 heterocycles. The molecule has 4 rings (SSSR count). The SMILES string of the molecule is CCOc1ccc(-c2csc(-c3nnn(-c4cccc(C(F)(F)F)c4)c3N)n2)cc1. The van der Waals surface area contributed by atoms with Gasteiger partial charge in [-0.2, -0.15) is 17.9 Å². The number of nitrogens with zero attached hydrogens (tertiary/aromatic N) is 4. The molecule has 6 nitrogen and oxygen atoms in total. The van der Waals surface area contributed by atoms with Crippen LogP contribution in [0.1, 0.15) is 12.5 Å². The van der Waals surface area contributed by atoms with Crippen LogP contribution >= 0.6 is 11.3 Å². The lowest BCUT2D eigenvalue weighted by Crippen LogP contribution is -2.08. The molecule has 0 aliphatic rings. The van der Waals surface area contributed by atoms with E-state index in [0.717, 1.165) is 29.1 Å². The van der Waals surface area contributed by atoms with Gasteiger partial charge in [0.25, 0.3) is 0 Å². The Morgan fingerprint density at radius 1 is 1.13 bits per heavy atom. The van der Waals surface area contributed by atoms with E-state index < -0.39 is 11.7 Å². The number of nitrogen functional groups attached to an aromatic ring is 1. The van der Waals surface area contributed by atoms with Crippen molar-refractivity contribution in [2.45, 2.75) is 13.1 Å². The molecule has 2 N–H and O–H groups in total. The van der Waals surface area contributed by atoms with Crippen LogP contribution in [0.2, 0.25) is 0 Å². The van der Waals surface area contributed by atoms with E-state index in [9.17, 15) is 13.2 Å². The molecule has 2 aromatic carbocycles. The lowest BCUT2D eigenvalue weighted by Gasteiger charge is -2.09. The Kier molecular flexibility index (Phi) is 5.17. The predicted octanol–water partition coefficient (Wildman–Crippen LogP) is 5.06. The molecule has 0 radical (unpaired) electrons. The van der Waals surface area contributed by atoms with Crippen LogP contribution in [0.15, 0.2) is 53.9 Å². The second-order valence-electron chi connectivity index (χ2n) is 6.28. The number of halogens is 3. The molecule has 4 aromatic rings. The second kappa shape index (κ2) is 7.79. The average Bonchev–Trinajstić information content (AvgIpc) is 3.35. The Bertz CT molecular complexity index is 1170. The lowest BCUT2D eigenvalue weighted by atomic mass is 10.2. The molecule has 0 amide bonds. The minimum atomic E-state index is -4.46. The van der Waals surface area contributed by atoms with Gasteiger partial charge in [0.2, 0.25) is 0 Å². The third kappa shape index (κ3) is 3.86. The fourth-order valence-corrected chi connectivity index (χ4v) is 3.67. The Balaban J connectivity index is 1.64. The van der Waals surface area contributed by atoms with E-state index in [2.05, 4.69) is 15.3 Å². The van der Waals surface area contributed by atoms with Crippen molar-refractivity contribution in [3.8, 4) is 33.4 Å². The normalized spacial score (nSPS) is 11.6. The Labute approximate surface area is 173 Å². The molecule has 0 atom stereocenters. The number of thiazole rings is 1. The minimum absolute atomic E-state index is 0.113. The van der Waals surface area contributed by atoms with Crippen LogP contribution in [0.3, 0.4) is 0 Å². The summed E-state index contributed by atoms with van der Waals surface area (Å²) in [5, 5.41) is 10.3. The molecule has 30 heavy (non-hydrogen) atoms. The van der Waals surface area contributed by atoms with Gasteiger partial charge in [0.05, 0.1) is 23.6 Å². The summed E-state index contributed by atoms with van der Waals surface area (Å²) < 4.78 is 45.6. The molecule has 154 valence electrons. The highest BCUT2D eigenvalue weighted by Gasteiger charge is 2.31. The summed E-state index contributed by atoms with van der Waals surface area (Å²) in [5.74, 6) is 0.881. The number of nitrogens with two attached hydrogens (primary N) is 1. The van der Waals surface area contributed by atoms with Gasteiger partial charge in [0, 0.05) is 10.9 Å². The lowest BCUT2D eigenvalue weighted by molar-refractivity contribution is -0.137. The summed E-state index contributed by atoms with van der Waals surface area (Å²) in [4.78, 5) is 4.55. The smallest absolute Gasteiger partial charge is 0.416 e. The van der Waals surface area contributed by atoms with Crippen LogP contribution in [-0.2, 0) is 6.18 Å². The van der Waals surface area contributed by atoms with E-state index in [4.69, 9.17) is 10.5 Å². The molecular formula is C20H16F3N5OS. The first-order valence-corrected chi connectivity index (χ1v) is 9.82. The first-order chi connectivity index (χ1) is 14.4. The number of ether oxygens (including phenoxy) is 1. The van der Waals surface area contributed by atoms with Crippen molar-refractivity contribution in [1.29, 1.82) is 0 Å². The molecule has 0 spiro atoms. The highest BCUT2D eigenvalue weighted by atomic mass is 32.1. The van der Waals surface area contributed by atoms with Crippen LogP contribution in [0.5, 0.6) is 5.75 Å². The molecule has 0 bridgehead atoms. The van der Waals surface area contributed by atoms with Crippen LogP contribution in [0.4, 0.5) is 19.0 Å². The van der Waals surface area contributed by atoms with E-state index in [-0.39, 0.29) is 11.5 Å². The monoisotopic (exact) mass is 431 g/mol. The van der Waals surface area contributed by atoms with E-state index in [1.54, 1.807) is 0 Å². The van der Waals surface area contributed by atoms with Crippen molar-refractivity contribution >= 4 is 17.2 Å². The number of rotatable bonds is 5. The van der Waals surface area contributed by atoms with Crippen LogP contribution in [-0.4, -0.2) is 26.6 Å². The molecule has 2 aromatic heterocycles. The highest BCUT2D eigenvalue weighted by Crippen LogP contribution is 2.34. The molecule has 10 heteroatoms. The molecule has 0 aliphatic carbocycles. The number of benzene rings is 2. The zero-order valence-corrected chi connectivity index (χ0v) is 16.5. The summed E-state index contributed by atoms with van der Waals surface area (Å²) in [6, 6.07) is 12.2. The van der Waals surface area contributed by atoms with Gasteiger partial charge in [0.1, 0.15) is 10.8 Å². The number of aromatic nitrogens is 4. The number of hydrogen-bond donors (Lipinski definition) is 1. The largest absolute Gasteiger partial charge is 0.494 e. The van der Waals surface area contributed by atoms with E-state index in [1.807, 2.05) is 36.6 Å². The molecule has 0 fully saturated rings. The topological polar surface area (TPSA) is 78.9 Å². The maximum atomic E-state index is 13.0. The first kappa shape index (κ1) is 19.9. The average molecular weight is 431 g/mol. The molecule has 0 unspecified atom stereocenters. The minimum Gasteiger partial charge on any atom is -0.494 e. The Morgan fingerprint density at radius 2 is 1.90 bits per heavy atom. The van der Waals surface area contributed by atoms with Crippen LogP contribution in [0.25, 0.3) is 27.6 Å². The molecule has 0 saturated carbocycles. The summed E-state index contributed by atoms with van der Waals surface area (Å²) in [6.45, 7) is 2.50. The Morgan fingerprint density at radius 3 is 2.60 bits per heavy atom. The van der Waals surface area contributed by atoms with Crippen LogP contribution < -0.4 is 10.5 Å². The van der Waals surface area contributed by atoms with Gasteiger partial charge in [-0.05, 0) is 49.4 Å². The van der Waals surface area contributed by atoms with Gasteiger partial charge in [-0.15, -0.1) is 16.4 Å². The summed E-state index contributed by atoms with van der Waals surface area (Å²) in [7, 11) is 0. The molecule has 0 saturated heterocycles. The van der Waals surface area contributed by atoms with Gasteiger partial charge in [-0.3, -0.25) is 0 Å². The third-order valence-corrected chi connectivity index (χ3v) is 5.14. The van der Waals surface area contributed by atoms with Crippen molar-refractivity contribution in [3.05, 3.63) is 59.5 Å². The van der Waals surface area contributed by atoms with Gasteiger partial charge in [0.15, 0.2) is 11.5 Å². The van der Waals surface area contributed by atoms with Gasteiger partial charge < -0.3 is 10.5 Å². The molecule has 0 aliphatic heterocycles. The fourth-order valence-electron chi connectivity index (χ4n) is 2.85. The second-order valence-corrected chi connectivity index (χ2v) is 7.14. The first-order valence-electron chi connectivity index (χ1n) is 8.94. The van der Waals surface area contributed by atoms with Crippen molar-refractivity contribution < 1.29 is 17.9 Å². The number of alkyl halides is 3. The van der Waals surface area contributed by atoms with E-state index >= 15 is 0 Å². The maximum Gasteiger partial charge on any atom is 0.416 e. The number of anilines is 1. The van der Waals surface area contributed by atoms with Crippen molar-refractivity contribution in [3.63, 3.8) is 0 Å². The van der Waals surface area contributed by atoms with E-state index in [0.29, 0.717) is 17.3 Å². The predicted molar refractivity (Wildman–Crippen MR) is 108 cm³/mol. The number of hydrogen-bond acceptors (Lipinski definition) is 6. The summed E-state index contributed by atoms with van der Waals surface area (Å²) in [5.41, 5.74) is 7.45. The quantitative estimate of drug-likeness (QED) is 0.478. The standard InChI is InChI=1S/C20H16F3N5OS/c1-2-29-15-8-6-12(7-9-15)16-11-30-19(25-16)17-18(24)28(27-26-17)14-5-3-4-13(10-14)20(21,22)23/h3-11H,2,24H2,1H3. The van der Waals surface area contributed by atoms with Crippen molar-refractivity contribution in [2.75, 3.05) is 12.3 Å². The van der Waals surface area contributed by atoms with Gasteiger partial charge in [-0.25, -0.2) is 4.98 Å². The summed E-state index contributed by atoms with van der Waals surface area (Å²) >= 11 is 1.32. The fraction of sp³-hybridized carbons (Fsp3) is 0.150. The van der Waals surface area contributed by atoms with E-state index in [1.165, 1.54) is 28.2 Å². The zero-order chi connectivity index (χ0) is 21.3.